The summed E-state index contributed by atoms with van der Waals surface area (Å²) in [5, 5.41) is 11.2. The van der Waals surface area contributed by atoms with Gasteiger partial charge in [-0.25, -0.2) is 0 Å². The molecule has 2 N–H and O–H groups in total. The zero-order chi connectivity index (χ0) is 19.5. The molecule has 0 aromatic heterocycles. The van der Waals surface area contributed by atoms with Crippen LogP contribution in [0.1, 0.15) is 22.3 Å². The van der Waals surface area contributed by atoms with Crippen molar-refractivity contribution in [1.82, 2.24) is 0 Å². The monoisotopic (exact) mass is 368 g/mol. The van der Waals surface area contributed by atoms with Crippen LogP contribution in [0.15, 0.2) is 36.4 Å². The van der Waals surface area contributed by atoms with Crippen LogP contribution < -0.4 is 10.5 Å². The predicted octanol–water partition coefficient (Wildman–Crippen LogP) is 3.24. The van der Waals surface area contributed by atoms with Crippen molar-refractivity contribution in [3.63, 3.8) is 0 Å². The lowest BCUT2D eigenvalue weighted by Crippen LogP contribution is -2.15. The highest BCUT2D eigenvalue weighted by atomic mass is 19.4. The van der Waals surface area contributed by atoms with Gasteiger partial charge >= 0.3 is 6.18 Å². The first kappa shape index (κ1) is 19.2. The van der Waals surface area contributed by atoms with Crippen LogP contribution in [-0.2, 0) is 23.8 Å². The van der Waals surface area contributed by atoms with Gasteiger partial charge in [0, 0.05) is 12.0 Å². The van der Waals surface area contributed by atoms with Gasteiger partial charge in [0.05, 0.1) is 30.1 Å². The second-order valence-corrected chi connectivity index (χ2v) is 5.57. The lowest BCUT2D eigenvalue weighted by molar-refractivity contribution is -0.385. The molecule has 26 heavy (non-hydrogen) atoms. The molecular weight excluding hydrogens is 353 g/mol. The molecule has 0 saturated carbocycles. The first-order valence-electron chi connectivity index (χ1n) is 7.40. The van der Waals surface area contributed by atoms with Gasteiger partial charge in [-0.2, -0.15) is 13.2 Å². The van der Waals surface area contributed by atoms with Crippen LogP contribution in [-0.4, -0.2) is 17.9 Å². The van der Waals surface area contributed by atoms with Crippen molar-refractivity contribution in [3.05, 3.63) is 68.8 Å². The van der Waals surface area contributed by atoms with Crippen LogP contribution in [0.3, 0.4) is 0 Å². The average Bonchev–Trinajstić information content (AvgIpc) is 2.53. The van der Waals surface area contributed by atoms with Crippen molar-refractivity contribution in [1.29, 1.82) is 0 Å². The van der Waals surface area contributed by atoms with Crippen molar-refractivity contribution in [2.24, 2.45) is 5.73 Å². The number of methoxy groups -OCH3 is 1. The number of amides is 1. The number of rotatable bonds is 6. The van der Waals surface area contributed by atoms with E-state index >= 15 is 0 Å². The number of carbonyl (C=O) groups is 1. The van der Waals surface area contributed by atoms with Crippen LogP contribution in [0.5, 0.6) is 5.75 Å². The molecule has 1 amide bonds. The molecule has 0 aliphatic carbocycles. The van der Waals surface area contributed by atoms with Crippen LogP contribution in [0.2, 0.25) is 0 Å². The predicted molar refractivity (Wildman–Crippen MR) is 86.8 cm³/mol. The summed E-state index contributed by atoms with van der Waals surface area (Å²) >= 11 is 0. The van der Waals surface area contributed by atoms with Gasteiger partial charge in [-0.05, 0) is 23.3 Å². The van der Waals surface area contributed by atoms with Gasteiger partial charge in [0.15, 0.2) is 0 Å². The van der Waals surface area contributed by atoms with Crippen molar-refractivity contribution in [2.75, 3.05) is 7.11 Å². The molecule has 0 fully saturated rings. The Balaban J connectivity index is 2.48. The summed E-state index contributed by atoms with van der Waals surface area (Å²) in [5.41, 5.74) is 4.81. The summed E-state index contributed by atoms with van der Waals surface area (Å²) in [7, 11) is 1.29. The van der Waals surface area contributed by atoms with E-state index < -0.39 is 22.6 Å². The Kier molecular flexibility index (Phi) is 5.49. The molecule has 2 rings (SSSR count). The minimum Gasteiger partial charge on any atom is -0.496 e. The van der Waals surface area contributed by atoms with Crippen molar-refractivity contribution in [3.8, 4) is 5.75 Å². The van der Waals surface area contributed by atoms with Crippen LogP contribution in [0.4, 0.5) is 18.9 Å². The Bertz CT molecular complexity index is 850. The highest BCUT2D eigenvalue weighted by Crippen LogP contribution is 2.33. The second kappa shape index (κ2) is 7.42. The number of hydrogen-bond donors (Lipinski definition) is 1. The first-order chi connectivity index (χ1) is 12.1. The lowest BCUT2D eigenvalue weighted by Gasteiger charge is -2.13. The molecule has 0 saturated heterocycles. The SMILES string of the molecule is COc1cc([N+](=O)[O-])c(CC(N)=O)cc1Cc1cccc(C(F)(F)F)c1. The Morgan fingerprint density at radius 3 is 2.46 bits per heavy atom. The number of halogens is 3. The minimum absolute atomic E-state index is 0.0385. The number of benzene rings is 2. The second-order valence-electron chi connectivity index (χ2n) is 5.57. The van der Waals surface area contributed by atoms with E-state index in [0.29, 0.717) is 11.1 Å². The average molecular weight is 368 g/mol. The van der Waals surface area contributed by atoms with Crippen molar-refractivity contribution < 1.29 is 27.6 Å². The summed E-state index contributed by atoms with van der Waals surface area (Å²) in [6, 6.07) is 7.23. The molecular formula is C17H15F3N2O4. The lowest BCUT2D eigenvalue weighted by atomic mass is 9.98. The van der Waals surface area contributed by atoms with E-state index in [1.807, 2.05) is 0 Å². The summed E-state index contributed by atoms with van der Waals surface area (Å²) in [6.45, 7) is 0. The number of alkyl halides is 3. The molecule has 0 heterocycles. The summed E-state index contributed by atoms with van der Waals surface area (Å²) < 4.78 is 43.7. The number of ether oxygens (including phenoxy) is 1. The third-order valence-corrected chi connectivity index (χ3v) is 3.69. The molecule has 0 spiro atoms. The molecule has 0 unspecified atom stereocenters. The van der Waals surface area contributed by atoms with Crippen LogP contribution in [0.25, 0.3) is 0 Å². The van der Waals surface area contributed by atoms with Gasteiger partial charge in [0.2, 0.25) is 5.91 Å². The number of hydrogen-bond acceptors (Lipinski definition) is 4. The van der Waals surface area contributed by atoms with Gasteiger partial charge in [-0.3, -0.25) is 14.9 Å². The molecule has 138 valence electrons. The smallest absolute Gasteiger partial charge is 0.416 e. The maximum atomic E-state index is 12.9. The molecule has 6 nitrogen and oxygen atoms in total. The zero-order valence-electron chi connectivity index (χ0n) is 13.7. The quantitative estimate of drug-likeness (QED) is 0.625. The number of nitrogens with two attached hydrogens (primary N) is 1. The number of carbonyl (C=O) groups excluding carboxylic acids is 1. The van der Waals surface area contributed by atoms with E-state index in [9.17, 15) is 28.1 Å². The van der Waals surface area contributed by atoms with E-state index in [1.54, 1.807) is 0 Å². The molecule has 2 aromatic rings. The highest BCUT2D eigenvalue weighted by Gasteiger charge is 2.30. The zero-order valence-corrected chi connectivity index (χ0v) is 13.7. The number of primary amides is 1. The number of nitro benzene ring substituents is 1. The Hall–Kier alpha value is -3.10. The Morgan fingerprint density at radius 1 is 1.23 bits per heavy atom. The Morgan fingerprint density at radius 2 is 1.92 bits per heavy atom. The fourth-order valence-electron chi connectivity index (χ4n) is 2.57. The Labute approximate surface area is 146 Å². The fraction of sp³-hybridized carbons (Fsp3) is 0.235. The summed E-state index contributed by atoms with van der Waals surface area (Å²) in [6.07, 6.45) is -4.81. The van der Waals surface area contributed by atoms with Gasteiger partial charge in [0.1, 0.15) is 5.75 Å². The first-order valence-corrected chi connectivity index (χ1v) is 7.40. The van der Waals surface area contributed by atoms with Gasteiger partial charge in [0.25, 0.3) is 5.69 Å². The summed E-state index contributed by atoms with van der Waals surface area (Å²) in [5.74, 6) is -0.620. The van der Waals surface area contributed by atoms with Crippen LogP contribution >= 0.6 is 0 Å². The molecule has 9 heteroatoms. The third-order valence-electron chi connectivity index (χ3n) is 3.69. The maximum absolute atomic E-state index is 12.9. The van der Waals surface area contributed by atoms with E-state index in [-0.39, 0.29) is 29.8 Å². The molecule has 0 atom stereocenters. The number of nitro groups is 1. The topological polar surface area (TPSA) is 95.5 Å². The van der Waals surface area contributed by atoms with E-state index in [4.69, 9.17) is 10.5 Å². The maximum Gasteiger partial charge on any atom is 0.416 e. The molecule has 0 aliphatic heterocycles. The minimum atomic E-state index is -4.48. The van der Waals surface area contributed by atoms with E-state index in [1.165, 1.54) is 25.3 Å². The van der Waals surface area contributed by atoms with Gasteiger partial charge < -0.3 is 10.5 Å². The van der Waals surface area contributed by atoms with Crippen molar-refractivity contribution >= 4 is 11.6 Å². The highest BCUT2D eigenvalue weighted by molar-refractivity contribution is 5.78. The molecule has 0 bridgehead atoms. The molecule has 0 radical (unpaired) electrons. The van der Waals surface area contributed by atoms with Crippen LogP contribution in [0, 0.1) is 10.1 Å². The van der Waals surface area contributed by atoms with Gasteiger partial charge in [-0.1, -0.05) is 18.2 Å². The fourth-order valence-corrected chi connectivity index (χ4v) is 2.57. The van der Waals surface area contributed by atoms with E-state index in [2.05, 4.69) is 0 Å². The van der Waals surface area contributed by atoms with E-state index in [0.717, 1.165) is 18.2 Å². The molecule has 0 aliphatic rings. The largest absolute Gasteiger partial charge is 0.496 e. The number of nitrogens with zero attached hydrogens (tertiary/aromatic N) is 1. The normalized spacial score (nSPS) is 11.2. The summed E-state index contributed by atoms with van der Waals surface area (Å²) in [4.78, 5) is 21.7. The standard InChI is InChI=1S/C17H15F3N2O4/c1-26-15-9-14(22(24)25)11(8-16(21)23)7-12(15)5-10-3-2-4-13(6-10)17(18,19)20/h2-4,6-7,9H,5,8H2,1H3,(H2,21,23). The third kappa shape index (κ3) is 4.50. The molecule has 2 aromatic carbocycles. The van der Waals surface area contributed by atoms with Crippen molar-refractivity contribution in [2.45, 2.75) is 19.0 Å². The van der Waals surface area contributed by atoms with Gasteiger partial charge in [-0.15, -0.1) is 0 Å².